The molecule has 0 saturated carbocycles. The molecule has 1 fully saturated rings. The number of nitrogens with zero attached hydrogens (tertiary/aromatic N) is 1. The van der Waals surface area contributed by atoms with Gasteiger partial charge in [0.1, 0.15) is 18.1 Å². The van der Waals surface area contributed by atoms with Gasteiger partial charge in [0.15, 0.2) is 0 Å². The van der Waals surface area contributed by atoms with Crippen molar-refractivity contribution in [1.82, 2.24) is 4.90 Å². The predicted molar refractivity (Wildman–Crippen MR) is 138 cm³/mol. The van der Waals surface area contributed by atoms with Crippen molar-refractivity contribution in [2.24, 2.45) is 0 Å². The number of ether oxygens (including phenoxy) is 1. The quantitative estimate of drug-likeness (QED) is 0.358. The van der Waals surface area contributed by atoms with Gasteiger partial charge in [-0.05, 0) is 96.6 Å². The van der Waals surface area contributed by atoms with Gasteiger partial charge in [-0.25, -0.2) is 0 Å². The van der Waals surface area contributed by atoms with Crippen molar-refractivity contribution in [2.75, 3.05) is 26.2 Å². The highest BCUT2D eigenvalue weighted by Crippen LogP contribution is 2.36. The lowest BCUT2D eigenvalue weighted by Gasteiger charge is -2.26. The largest absolute Gasteiger partial charge is 0.508 e. The van der Waals surface area contributed by atoms with Crippen LogP contribution in [0.3, 0.4) is 0 Å². The van der Waals surface area contributed by atoms with Gasteiger partial charge in [-0.15, -0.1) is 0 Å². The van der Waals surface area contributed by atoms with E-state index in [1.54, 1.807) is 12.1 Å². The molecule has 0 spiro atoms. The molecule has 1 heterocycles. The Kier molecular flexibility index (Phi) is 8.09. The van der Waals surface area contributed by atoms with Crippen LogP contribution in [0.1, 0.15) is 49.3 Å². The van der Waals surface area contributed by atoms with Gasteiger partial charge >= 0.3 is 0 Å². The van der Waals surface area contributed by atoms with Crippen molar-refractivity contribution in [2.45, 2.75) is 32.6 Å². The average Bonchev–Trinajstić information content (AvgIpc) is 2.85. The van der Waals surface area contributed by atoms with Crippen LogP contribution in [-0.4, -0.2) is 36.2 Å². The lowest BCUT2D eigenvalue weighted by Crippen LogP contribution is -2.33. The highest BCUT2D eigenvalue weighted by atomic mass is 35.5. The summed E-state index contributed by atoms with van der Waals surface area (Å²) in [5.41, 5.74) is 5.73. The Morgan fingerprint density at radius 1 is 0.818 bits per heavy atom. The van der Waals surface area contributed by atoms with Crippen molar-refractivity contribution < 1.29 is 9.84 Å². The predicted octanol–water partition coefficient (Wildman–Crippen LogP) is 7.28. The van der Waals surface area contributed by atoms with E-state index in [4.69, 9.17) is 16.3 Å². The maximum absolute atomic E-state index is 9.75. The molecule has 0 aromatic heterocycles. The van der Waals surface area contributed by atoms with E-state index in [9.17, 15) is 5.11 Å². The summed E-state index contributed by atoms with van der Waals surface area (Å²) in [5, 5.41) is 10.5. The molecule has 0 unspecified atom stereocenters. The molecule has 1 aliphatic heterocycles. The zero-order valence-electron chi connectivity index (χ0n) is 19.3. The second-order valence-corrected chi connectivity index (χ2v) is 8.97. The molecule has 0 radical (unpaired) electrons. The molecule has 1 aliphatic rings. The fourth-order valence-electron chi connectivity index (χ4n) is 4.51. The van der Waals surface area contributed by atoms with Gasteiger partial charge in [0.05, 0.1) is 0 Å². The summed E-state index contributed by atoms with van der Waals surface area (Å²) in [4.78, 5) is 2.49. The number of hydrogen-bond acceptors (Lipinski definition) is 3. The van der Waals surface area contributed by atoms with Crippen molar-refractivity contribution in [3.63, 3.8) is 0 Å². The van der Waals surface area contributed by atoms with E-state index < -0.39 is 0 Å². The number of aromatic hydroxyl groups is 1. The van der Waals surface area contributed by atoms with Crippen molar-refractivity contribution in [3.05, 3.63) is 94.5 Å². The Hall–Kier alpha value is -2.75. The van der Waals surface area contributed by atoms with Gasteiger partial charge in [0.2, 0.25) is 0 Å². The van der Waals surface area contributed by atoms with E-state index in [1.807, 2.05) is 24.3 Å². The van der Waals surface area contributed by atoms with Crippen molar-refractivity contribution in [1.29, 1.82) is 0 Å². The standard InChI is InChI=1S/C29H32ClNO2/c1-2-28(22-8-14-26(32)15-9-22)29(23-6-12-25(30)13-7-23)24-10-16-27(17-11-24)33-21-20-31-18-4-3-5-19-31/h6-17,32H,2-5,18-21H2,1H3/b29-28-. The summed E-state index contributed by atoms with van der Waals surface area (Å²) in [6.45, 7) is 6.24. The lowest BCUT2D eigenvalue weighted by atomic mass is 9.88. The molecule has 33 heavy (non-hydrogen) atoms. The van der Waals surface area contributed by atoms with E-state index in [1.165, 1.54) is 43.5 Å². The van der Waals surface area contributed by atoms with Gasteiger partial charge in [0.25, 0.3) is 0 Å². The van der Waals surface area contributed by atoms with Crippen molar-refractivity contribution >= 4 is 22.7 Å². The Labute approximate surface area is 202 Å². The van der Waals surface area contributed by atoms with Gasteiger partial charge in [-0.3, -0.25) is 4.90 Å². The Bertz CT molecular complexity index is 1050. The third kappa shape index (κ3) is 6.19. The molecule has 0 bridgehead atoms. The summed E-state index contributed by atoms with van der Waals surface area (Å²) >= 11 is 6.17. The van der Waals surface area contributed by atoms with Crippen LogP contribution >= 0.6 is 11.6 Å². The lowest BCUT2D eigenvalue weighted by molar-refractivity contribution is 0.183. The van der Waals surface area contributed by atoms with Crippen LogP contribution in [0.2, 0.25) is 5.02 Å². The zero-order valence-corrected chi connectivity index (χ0v) is 20.0. The molecule has 3 nitrogen and oxygen atoms in total. The van der Waals surface area contributed by atoms with Crippen LogP contribution in [0.25, 0.3) is 11.1 Å². The number of likely N-dealkylation sites (tertiary alicyclic amines) is 1. The molecular weight excluding hydrogens is 430 g/mol. The molecule has 4 heteroatoms. The number of phenols is 1. The third-order valence-corrected chi connectivity index (χ3v) is 6.52. The molecule has 1 saturated heterocycles. The first-order valence-corrected chi connectivity index (χ1v) is 12.3. The minimum Gasteiger partial charge on any atom is -0.508 e. The smallest absolute Gasteiger partial charge is 0.119 e. The highest BCUT2D eigenvalue weighted by Gasteiger charge is 2.14. The monoisotopic (exact) mass is 461 g/mol. The van der Waals surface area contributed by atoms with Crippen LogP contribution in [0, 0.1) is 0 Å². The molecule has 3 aromatic rings. The molecule has 0 aliphatic carbocycles. The van der Waals surface area contributed by atoms with Crippen LogP contribution in [0.15, 0.2) is 72.8 Å². The van der Waals surface area contributed by atoms with Gasteiger partial charge in [-0.2, -0.15) is 0 Å². The topological polar surface area (TPSA) is 32.7 Å². The van der Waals surface area contributed by atoms with E-state index in [-0.39, 0.29) is 5.75 Å². The Morgan fingerprint density at radius 3 is 2.00 bits per heavy atom. The summed E-state index contributed by atoms with van der Waals surface area (Å²) in [7, 11) is 0. The molecule has 3 aromatic carbocycles. The summed E-state index contributed by atoms with van der Waals surface area (Å²) in [6.07, 6.45) is 4.81. The summed E-state index contributed by atoms with van der Waals surface area (Å²) in [5.74, 6) is 1.17. The van der Waals surface area contributed by atoms with Gasteiger partial charge in [0, 0.05) is 11.6 Å². The number of phenolic OH excluding ortho intramolecular Hbond substituents is 1. The van der Waals surface area contributed by atoms with Crippen LogP contribution < -0.4 is 4.74 Å². The number of benzene rings is 3. The number of allylic oxidation sites excluding steroid dienone is 1. The fraction of sp³-hybridized carbons (Fsp3) is 0.310. The number of piperidine rings is 1. The first-order valence-electron chi connectivity index (χ1n) is 11.9. The highest BCUT2D eigenvalue weighted by molar-refractivity contribution is 6.30. The second-order valence-electron chi connectivity index (χ2n) is 8.54. The SMILES string of the molecule is CC/C(=C(\c1ccc(Cl)cc1)c1ccc(OCCN2CCCCC2)cc1)c1ccc(O)cc1. The Balaban J connectivity index is 1.60. The van der Waals surface area contributed by atoms with E-state index in [2.05, 4.69) is 48.2 Å². The number of rotatable bonds is 8. The van der Waals surface area contributed by atoms with E-state index >= 15 is 0 Å². The third-order valence-electron chi connectivity index (χ3n) is 6.27. The first-order chi connectivity index (χ1) is 16.1. The average molecular weight is 462 g/mol. The normalized spacial score (nSPS) is 15.2. The minimum absolute atomic E-state index is 0.272. The first kappa shape index (κ1) is 23.4. The fourth-order valence-corrected chi connectivity index (χ4v) is 4.64. The summed E-state index contributed by atoms with van der Waals surface area (Å²) in [6, 6.07) is 23.8. The van der Waals surface area contributed by atoms with E-state index in [0.29, 0.717) is 6.61 Å². The second kappa shape index (κ2) is 11.4. The van der Waals surface area contributed by atoms with Gasteiger partial charge in [-0.1, -0.05) is 61.3 Å². The molecular formula is C29H32ClNO2. The molecule has 4 rings (SSSR count). The zero-order chi connectivity index (χ0) is 23.0. The molecule has 0 atom stereocenters. The Morgan fingerprint density at radius 2 is 1.39 bits per heavy atom. The maximum Gasteiger partial charge on any atom is 0.119 e. The maximum atomic E-state index is 9.75. The molecule has 1 N–H and O–H groups in total. The molecule has 172 valence electrons. The van der Waals surface area contributed by atoms with Crippen LogP contribution in [0.4, 0.5) is 0 Å². The van der Waals surface area contributed by atoms with Crippen LogP contribution in [-0.2, 0) is 0 Å². The summed E-state index contributed by atoms with van der Waals surface area (Å²) < 4.78 is 6.05. The van der Waals surface area contributed by atoms with E-state index in [0.717, 1.165) is 40.4 Å². The van der Waals surface area contributed by atoms with Gasteiger partial charge < -0.3 is 9.84 Å². The number of halogens is 1. The van der Waals surface area contributed by atoms with Crippen molar-refractivity contribution in [3.8, 4) is 11.5 Å². The number of hydrogen-bond donors (Lipinski definition) is 1. The minimum atomic E-state index is 0.272. The molecule has 0 amide bonds. The van der Waals surface area contributed by atoms with Crippen LogP contribution in [0.5, 0.6) is 11.5 Å².